The lowest BCUT2D eigenvalue weighted by Gasteiger charge is -2.20. The van der Waals surface area contributed by atoms with Gasteiger partial charge in [0.25, 0.3) is 0 Å². The van der Waals surface area contributed by atoms with Crippen LogP contribution in [0.4, 0.5) is 5.13 Å². The van der Waals surface area contributed by atoms with Crippen molar-refractivity contribution in [2.45, 2.75) is 39.7 Å². The summed E-state index contributed by atoms with van der Waals surface area (Å²) in [7, 11) is 1.99. The Hall–Kier alpha value is -0.610. The third-order valence-corrected chi connectivity index (χ3v) is 3.87. The average Bonchev–Trinajstić information content (AvgIpc) is 2.77. The molecule has 0 radical (unpaired) electrons. The Labute approximate surface area is 103 Å². The highest BCUT2D eigenvalue weighted by molar-refractivity contribution is 7.15. The molecule has 0 aliphatic rings. The number of hydrogen-bond donors (Lipinski definition) is 1. The summed E-state index contributed by atoms with van der Waals surface area (Å²) in [6.45, 7) is 8.81. The fourth-order valence-corrected chi connectivity index (χ4v) is 2.64. The lowest BCUT2D eigenvalue weighted by atomic mass is 10.3. The Balaban J connectivity index is 2.72. The molecule has 4 heteroatoms. The van der Waals surface area contributed by atoms with Crippen molar-refractivity contribution in [1.82, 2.24) is 10.3 Å². The molecule has 16 heavy (non-hydrogen) atoms. The van der Waals surface area contributed by atoms with E-state index in [2.05, 4.69) is 36.0 Å². The predicted octanol–water partition coefficient (Wildman–Crippen LogP) is 3.05. The first kappa shape index (κ1) is 13.5. The van der Waals surface area contributed by atoms with Crippen molar-refractivity contribution in [2.75, 3.05) is 25.0 Å². The van der Waals surface area contributed by atoms with E-state index in [1.54, 1.807) is 11.3 Å². The second-order valence-electron chi connectivity index (χ2n) is 4.04. The van der Waals surface area contributed by atoms with E-state index in [9.17, 15) is 0 Å². The minimum absolute atomic E-state index is 0.399. The van der Waals surface area contributed by atoms with Crippen molar-refractivity contribution in [3.8, 4) is 0 Å². The van der Waals surface area contributed by atoms with E-state index in [1.807, 2.05) is 13.2 Å². The van der Waals surface area contributed by atoms with Gasteiger partial charge in [0.15, 0.2) is 5.13 Å². The Kier molecular flexibility index (Phi) is 5.77. The number of rotatable bonds is 7. The molecule has 0 saturated heterocycles. The zero-order valence-corrected chi connectivity index (χ0v) is 11.6. The van der Waals surface area contributed by atoms with Gasteiger partial charge in [-0.2, -0.15) is 0 Å². The molecule has 1 heterocycles. The van der Waals surface area contributed by atoms with Crippen molar-refractivity contribution in [3.63, 3.8) is 0 Å². The fraction of sp³-hybridized carbons (Fsp3) is 0.750. The molecule has 0 aliphatic carbocycles. The topological polar surface area (TPSA) is 28.2 Å². The highest BCUT2D eigenvalue weighted by Gasteiger charge is 2.12. The van der Waals surface area contributed by atoms with E-state index in [4.69, 9.17) is 0 Å². The number of hydrogen-bond acceptors (Lipinski definition) is 4. The van der Waals surface area contributed by atoms with E-state index in [1.165, 1.54) is 22.9 Å². The maximum Gasteiger partial charge on any atom is 0.185 e. The molecule has 0 bridgehead atoms. The van der Waals surface area contributed by atoms with Gasteiger partial charge >= 0.3 is 0 Å². The molecule has 1 rings (SSSR count). The molecule has 1 N–H and O–H groups in total. The van der Waals surface area contributed by atoms with Crippen LogP contribution >= 0.6 is 11.3 Å². The van der Waals surface area contributed by atoms with Gasteiger partial charge in [0.1, 0.15) is 0 Å². The van der Waals surface area contributed by atoms with Crippen LogP contribution in [0.3, 0.4) is 0 Å². The first-order chi connectivity index (χ1) is 7.72. The predicted molar refractivity (Wildman–Crippen MR) is 72.4 cm³/mol. The summed E-state index contributed by atoms with van der Waals surface area (Å²) in [5, 5.41) is 4.42. The first-order valence-electron chi connectivity index (χ1n) is 6.10. The quantitative estimate of drug-likeness (QED) is 0.795. The summed E-state index contributed by atoms with van der Waals surface area (Å²) < 4.78 is 0. The van der Waals surface area contributed by atoms with Gasteiger partial charge in [0, 0.05) is 30.2 Å². The second kappa shape index (κ2) is 6.86. The number of nitrogens with one attached hydrogen (secondary N) is 1. The third kappa shape index (κ3) is 3.46. The smallest absolute Gasteiger partial charge is 0.185 e. The van der Waals surface area contributed by atoms with Gasteiger partial charge in [-0.3, -0.25) is 0 Å². The third-order valence-electron chi connectivity index (χ3n) is 2.63. The Morgan fingerprint density at radius 2 is 2.00 bits per heavy atom. The van der Waals surface area contributed by atoms with Crippen LogP contribution < -0.4 is 10.2 Å². The van der Waals surface area contributed by atoms with Gasteiger partial charge < -0.3 is 10.2 Å². The largest absolute Gasteiger partial charge is 0.348 e. The minimum atomic E-state index is 0.399. The lowest BCUT2D eigenvalue weighted by molar-refractivity contribution is 0.662. The van der Waals surface area contributed by atoms with E-state index in [-0.39, 0.29) is 0 Å². The van der Waals surface area contributed by atoms with Crippen molar-refractivity contribution in [2.24, 2.45) is 0 Å². The van der Waals surface area contributed by atoms with Crippen LogP contribution in [0.1, 0.15) is 44.5 Å². The molecule has 1 unspecified atom stereocenters. The molecule has 92 valence electrons. The minimum Gasteiger partial charge on any atom is -0.348 e. The highest BCUT2D eigenvalue weighted by Crippen LogP contribution is 2.27. The van der Waals surface area contributed by atoms with Crippen LogP contribution in [0.2, 0.25) is 0 Å². The summed E-state index contributed by atoms with van der Waals surface area (Å²) in [5.74, 6) is 0. The van der Waals surface area contributed by atoms with Gasteiger partial charge in [-0.1, -0.05) is 13.8 Å². The fourth-order valence-electron chi connectivity index (χ4n) is 1.61. The monoisotopic (exact) mass is 241 g/mol. The first-order valence-corrected chi connectivity index (χ1v) is 6.92. The Morgan fingerprint density at radius 3 is 2.50 bits per heavy atom. The van der Waals surface area contributed by atoms with Crippen LogP contribution in [0, 0.1) is 0 Å². The molecule has 1 aromatic rings. The van der Waals surface area contributed by atoms with Gasteiger partial charge in [0.05, 0.1) is 0 Å². The van der Waals surface area contributed by atoms with Crippen molar-refractivity contribution in [1.29, 1.82) is 0 Å². The van der Waals surface area contributed by atoms with Crippen LogP contribution in [-0.4, -0.2) is 25.1 Å². The van der Waals surface area contributed by atoms with Crippen molar-refractivity contribution >= 4 is 16.5 Å². The molecular formula is C12H23N3S. The van der Waals surface area contributed by atoms with Gasteiger partial charge in [-0.15, -0.1) is 11.3 Å². The van der Waals surface area contributed by atoms with Crippen molar-refractivity contribution in [3.05, 3.63) is 11.1 Å². The molecule has 0 amide bonds. The second-order valence-corrected chi connectivity index (χ2v) is 5.08. The van der Waals surface area contributed by atoms with Crippen LogP contribution in [0.5, 0.6) is 0 Å². The summed E-state index contributed by atoms with van der Waals surface area (Å²) in [6, 6.07) is 0.399. The molecule has 3 nitrogen and oxygen atoms in total. The zero-order valence-electron chi connectivity index (χ0n) is 10.8. The maximum absolute atomic E-state index is 4.53. The van der Waals surface area contributed by atoms with E-state index < -0.39 is 0 Å². The normalized spacial score (nSPS) is 12.8. The standard InChI is InChI=1S/C12H23N3S/c1-5-7-15(8-6-2)12-14-9-11(16-12)10(3)13-4/h9-10,13H,5-8H2,1-4H3. The molecule has 1 atom stereocenters. The van der Waals surface area contributed by atoms with Gasteiger partial charge in [-0.05, 0) is 26.8 Å². The Bertz CT molecular complexity index is 292. The van der Waals surface area contributed by atoms with E-state index in [0.29, 0.717) is 6.04 Å². The molecule has 1 aromatic heterocycles. The summed E-state index contributed by atoms with van der Waals surface area (Å²) in [6.07, 6.45) is 4.35. The van der Waals surface area contributed by atoms with Crippen molar-refractivity contribution < 1.29 is 0 Å². The molecular weight excluding hydrogens is 218 g/mol. The van der Waals surface area contributed by atoms with Crippen LogP contribution in [0.15, 0.2) is 6.20 Å². The van der Waals surface area contributed by atoms with E-state index in [0.717, 1.165) is 13.1 Å². The number of nitrogens with zero attached hydrogens (tertiary/aromatic N) is 2. The van der Waals surface area contributed by atoms with Crippen LogP contribution in [-0.2, 0) is 0 Å². The maximum atomic E-state index is 4.53. The van der Waals surface area contributed by atoms with Gasteiger partial charge in [0.2, 0.25) is 0 Å². The average molecular weight is 241 g/mol. The number of thiazole rings is 1. The van der Waals surface area contributed by atoms with E-state index >= 15 is 0 Å². The SMILES string of the molecule is CCCN(CCC)c1ncc(C(C)NC)s1. The summed E-state index contributed by atoms with van der Waals surface area (Å²) in [4.78, 5) is 8.23. The lowest BCUT2D eigenvalue weighted by Crippen LogP contribution is -2.24. The summed E-state index contributed by atoms with van der Waals surface area (Å²) >= 11 is 1.81. The molecule has 0 spiro atoms. The molecule has 0 aliphatic heterocycles. The number of aromatic nitrogens is 1. The van der Waals surface area contributed by atoms with Crippen LogP contribution in [0.25, 0.3) is 0 Å². The highest BCUT2D eigenvalue weighted by atomic mass is 32.1. The molecule has 0 aromatic carbocycles. The Morgan fingerprint density at radius 1 is 1.38 bits per heavy atom. The zero-order chi connectivity index (χ0) is 12.0. The molecule has 0 saturated carbocycles. The summed E-state index contributed by atoms with van der Waals surface area (Å²) in [5.41, 5.74) is 0. The molecule has 0 fully saturated rings. The van der Waals surface area contributed by atoms with Gasteiger partial charge in [-0.25, -0.2) is 4.98 Å². The number of anilines is 1.